The molecule has 1 atom stereocenters. The second-order valence-corrected chi connectivity index (χ2v) is 6.08. The average Bonchev–Trinajstić information content (AvgIpc) is 2.63. The van der Waals surface area contributed by atoms with Crippen molar-refractivity contribution in [1.82, 2.24) is 14.9 Å². The lowest BCUT2D eigenvalue weighted by Gasteiger charge is -2.35. The fourth-order valence-corrected chi connectivity index (χ4v) is 2.90. The van der Waals surface area contributed by atoms with Gasteiger partial charge in [-0.05, 0) is 31.6 Å². The van der Waals surface area contributed by atoms with Gasteiger partial charge in [-0.2, -0.15) is 0 Å². The number of hydrogen-bond donors (Lipinski definition) is 1. The summed E-state index contributed by atoms with van der Waals surface area (Å²) in [6.07, 6.45) is 9.34. The molecule has 0 saturated heterocycles. The fourth-order valence-electron chi connectivity index (χ4n) is 2.90. The van der Waals surface area contributed by atoms with Gasteiger partial charge in [0.15, 0.2) is 0 Å². The summed E-state index contributed by atoms with van der Waals surface area (Å²) in [7, 11) is 0. The summed E-state index contributed by atoms with van der Waals surface area (Å²) >= 11 is 0. The first-order valence-corrected chi connectivity index (χ1v) is 6.78. The SMILES string of the molecule is Cc1nccn1CCNC1CCCC(C)(C)C1. The van der Waals surface area contributed by atoms with E-state index in [4.69, 9.17) is 0 Å². The first-order valence-electron chi connectivity index (χ1n) is 6.78. The lowest BCUT2D eigenvalue weighted by molar-refractivity contribution is 0.198. The Balaban J connectivity index is 1.74. The highest BCUT2D eigenvalue weighted by molar-refractivity contribution is 4.89. The predicted octanol–water partition coefficient (Wildman–Crippen LogP) is 2.75. The second kappa shape index (κ2) is 5.21. The Bertz CT molecular complexity index is 354. The lowest BCUT2D eigenvalue weighted by Crippen LogP contribution is -2.38. The topological polar surface area (TPSA) is 29.9 Å². The summed E-state index contributed by atoms with van der Waals surface area (Å²) in [5.74, 6) is 1.11. The van der Waals surface area contributed by atoms with Crippen LogP contribution in [0.15, 0.2) is 12.4 Å². The Labute approximate surface area is 105 Å². The zero-order valence-corrected chi connectivity index (χ0v) is 11.4. The highest BCUT2D eigenvalue weighted by atomic mass is 15.1. The molecule has 0 radical (unpaired) electrons. The van der Waals surface area contributed by atoms with E-state index in [1.165, 1.54) is 25.7 Å². The molecule has 1 N–H and O–H groups in total. The zero-order valence-electron chi connectivity index (χ0n) is 11.4. The molecule has 17 heavy (non-hydrogen) atoms. The van der Waals surface area contributed by atoms with E-state index in [2.05, 4.69) is 41.8 Å². The molecule has 0 aliphatic heterocycles. The molecule has 0 spiro atoms. The summed E-state index contributed by atoms with van der Waals surface area (Å²) in [5.41, 5.74) is 0.529. The van der Waals surface area contributed by atoms with Gasteiger partial charge >= 0.3 is 0 Å². The van der Waals surface area contributed by atoms with E-state index in [0.717, 1.165) is 18.9 Å². The minimum absolute atomic E-state index is 0.529. The van der Waals surface area contributed by atoms with Gasteiger partial charge in [-0.1, -0.05) is 20.3 Å². The van der Waals surface area contributed by atoms with Crippen molar-refractivity contribution in [3.05, 3.63) is 18.2 Å². The molecule has 1 aliphatic carbocycles. The molecule has 1 aromatic rings. The minimum atomic E-state index is 0.529. The molecule has 3 heteroatoms. The van der Waals surface area contributed by atoms with Crippen LogP contribution in [0, 0.1) is 12.3 Å². The van der Waals surface area contributed by atoms with E-state index in [1.807, 2.05) is 6.20 Å². The highest BCUT2D eigenvalue weighted by Crippen LogP contribution is 2.34. The first kappa shape index (κ1) is 12.6. The van der Waals surface area contributed by atoms with Gasteiger partial charge in [0.1, 0.15) is 5.82 Å². The average molecular weight is 235 g/mol. The van der Waals surface area contributed by atoms with Gasteiger partial charge in [0.2, 0.25) is 0 Å². The van der Waals surface area contributed by atoms with Crippen LogP contribution < -0.4 is 5.32 Å². The smallest absolute Gasteiger partial charge is 0.105 e. The Hall–Kier alpha value is -0.830. The van der Waals surface area contributed by atoms with Gasteiger partial charge in [0, 0.05) is 31.5 Å². The van der Waals surface area contributed by atoms with Crippen LogP contribution in [0.3, 0.4) is 0 Å². The van der Waals surface area contributed by atoms with E-state index >= 15 is 0 Å². The Kier molecular flexibility index (Phi) is 3.87. The maximum Gasteiger partial charge on any atom is 0.105 e. The summed E-state index contributed by atoms with van der Waals surface area (Å²) in [6, 6.07) is 0.711. The summed E-state index contributed by atoms with van der Waals surface area (Å²) in [5, 5.41) is 3.69. The van der Waals surface area contributed by atoms with Crippen LogP contribution in [-0.2, 0) is 6.54 Å². The minimum Gasteiger partial charge on any atom is -0.334 e. The van der Waals surface area contributed by atoms with Crippen molar-refractivity contribution in [3.8, 4) is 0 Å². The molecule has 0 amide bonds. The standard InChI is InChI=1S/C14H25N3/c1-12-15-7-9-17(12)10-8-16-13-5-4-6-14(2,3)11-13/h7,9,13,16H,4-6,8,10-11H2,1-3H3. The predicted molar refractivity (Wildman–Crippen MR) is 71.0 cm³/mol. The van der Waals surface area contributed by atoms with Gasteiger partial charge in [-0.25, -0.2) is 4.98 Å². The number of nitrogens with zero attached hydrogens (tertiary/aromatic N) is 2. The van der Waals surface area contributed by atoms with Crippen LogP contribution in [-0.4, -0.2) is 22.1 Å². The highest BCUT2D eigenvalue weighted by Gasteiger charge is 2.27. The molecule has 1 aliphatic rings. The fraction of sp³-hybridized carbons (Fsp3) is 0.786. The van der Waals surface area contributed by atoms with Crippen molar-refractivity contribution >= 4 is 0 Å². The summed E-state index contributed by atoms with van der Waals surface area (Å²) < 4.78 is 2.21. The molecule has 1 heterocycles. The van der Waals surface area contributed by atoms with E-state index in [0.29, 0.717) is 11.5 Å². The monoisotopic (exact) mass is 235 g/mol. The number of nitrogens with one attached hydrogen (secondary N) is 1. The maximum atomic E-state index is 4.24. The second-order valence-electron chi connectivity index (χ2n) is 6.08. The van der Waals surface area contributed by atoms with Gasteiger partial charge in [0.05, 0.1) is 0 Å². The van der Waals surface area contributed by atoms with Gasteiger partial charge in [0.25, 0.3) is 0 Å². The van der Waals surface area contributed by atoms with E-state index in [9.17, 15) is 0 Å². The van der Waals surface area contributed by atoms with Crippen molar-refractivity contribution < 1.29 is 0 Å². The van der Waals surface area contributed by atoms with E-state index in [-0.39, 0.29) is 0 Å². The van der Waals surface area contributed by atoms with Crippen molar-refractivity contribution in [3.63, 3.8) is 0 Å². The molecule has 1 fully saturated rings. The van der Waals surface area contributed by atoms with Gasteiger partial charge in [-0.3, -0.25) is 0 Å². The molecule has 0 bridgehead atoms. The molecule has 1 unspecified atom stereocenters. The molecule has 2 rings (SSSR count). The lowest BCUT2D eigenvalue weighted by atomic mass is 9.75. The summed E-state index contributed by atoms with van der Waals surface area (Å²) in [4.78, 5) is 4.24. The van der Waals surface area contributed by atoms with Crippen molar-refractivity contribution in [1.29, 1.82) is 0 Å². The number of imidazole rings is 1. The van der Waals surface area contributed by atoms with Crippen LogP contribution >= 0.6 is 0 Å². The third kappa shape index (κ3) is 3.56. The maximum absolute atomic E-state index is 4.24. The van der Waals surface area contributed by atoms with E-state index < -0.39 is 0 Å². The Morgan fingerprint density at radius 2 is 2.35 bits per heavy atom. The third-order valence-corrected chi connectivity index (χ3v) is 3.91. The van der Waals surface area contributed by atoms with E-state index in [1.54, 1.807) is 0 Å². The molecular formula is C14H25N3. The molecule has 1 saturated carbocycles. The van der Waals surface area contributed by atoms with Crippen molar-refractivity contribution in [2.75, 3.05) is 6.54 Å². The molecule has 1 aromatic heterocycles. The number of aryl methyl sites for hydroxylation is 1. The third-order valence-electron chi connectivity index (χ3n) is 3.91. The molecule has 0 aromatic carbocycles. The number of rotatable bonds is 4. The quantitative estimate of drug-likeness (QED) is 0.869. The number of aromatic nitrogens is 2. The molecule has 96 valence electrons. The first-order chi connectivity index (χ1) is 8.07. The van der Waals surface area contributed by atoms with Crippen molar-refractivity contribution in [2.24, 2.45) is 5.41 Å². The van der Waals surface area contributed by atoms with Crippen LogP contribution in [0.5, 0.6) is 0 Å². The molecule has 3 nitrogen and oxygen atoms in total. The van der Waals surface area contributed by atoms with Crippen LogP contribution in [0.1, 0.15) is 45.4 Å². The zero-order chi connectivity index (χ0) is 12.3. The van der Waals surface area contributed by atoms with Gasteiger partial charge in [-0.15, -0.1) is 0 Å². The molecular weight excluding hydrogens is 210 g/mol. The van der Waals surface area contributed by atoms with Crippen LogP contribution in [0.4, 0.5) is 0 Å². The Morgan fingerprint density at radius 3 is 3.00 bits per heavy atom. The van der Waals surface area contributed by atoms with Crippen LogP contribution in [0.25, 0.3) is 0 Å². The number of hydrogen-bond acceptors (Lipinski definition) is 2. The van der Waals surface area contributed by atoms with Crippen LogP contribution in [0.2, 0.25) is 0 Å². The van der Waals surface area contributed by atoms with Gasteiger partial charge < -0.3 is 9.88 Å². The largest absolute Gasteiger partial charge is 0.334 e. The summed E-state index contributed by atoms with van der Waals surface area (Å²) in [6.45, 7) is 8.92. The van der Waals surface area contributed by atoms with Crippen molar-refractivity contribution in [2.45, 2.75) is 59.0 Å². The normalized spacial score (nSPS) is 23.8. The Morgan fingerprint density at radius 1 is 1.53 bits per heavy atom.